The zero-order valence-electron chi connectivity index (χ0n) is 15.3. The molecular weight excluding hydrogens is 360 g/mol. The second-order valence-corrected chi connectivity index (χ2v) is 8.12. The molecule has 0 spiro atoms. The number of hydrogen-bond acceptors (Lipinski definition) is 5. The maximum absolute atomic E-state index is 12.5. The lowest BCUT2D eigenvalue weighted by atomic mass is 9.98. The number of hydrogen-bond donors (Lipinski definition) is 0. The van der Waals surface area contributed by atoms with Crippen molar-refractivity contribution in [2.75, 3.05) is 0 Å². The van der Waals surface area contributed by atoms with E-state index in [1.807, 2.05) is 37.3 Å². The predicted molar refractivity (Wildman–Crippen MR) is 105 cm³/mol. The van der Waals surface area contributed by atoms with Crippen molar-refractivity contribution in [3.63, 3.8) is 0 Å². The Labute approximate surface area is 161 Å². The molecule has 5 nitrogen and oxygen atoms in total. The molecule has 0 amide bonds. The molecule has 1 aromatic carbocycles. The summed E-state index contributed by atoms with van der Waals surface area (Å²) in [7, 11) is 0. The minimum Gasteiger partial charge on any atom is -0.459 e. The monoisotopic (exact) mass is 382 g/mol. The third kappa shape index (κ3) is 3.81. The molecule has 0 N–H and O–H groups in total. The zero-order valence-corrected chi connectivity index (χ0v) is 16.1. The van der Waals surface area contributed by atoms with E-state index in [0.717, 1.165) is 30.5 Å². The van der Waals surface area contributed by atoms with Gasteiger partial charge in [0.2, 0.25) is 0 Å². The Kier molecular flexibility index (Phi) is 5.07. The van der Waals surface area contributed by atoms with Gasteiger partial charge in [-0.1, -0.05) is 37.3 Å². The maximum atomic E-state index is 12.5. The van der Waals surface area contributed by atoms with E-state index < -0.39 is 0 Å². The first-order valence-corrected chi connectivity index (χ1v) is 10.2. The fourth-order valence-electron chi connectivity index (χ4n) is 3.58. The van der Waals surface area contributed by atoms with Crippen molar-refractivity contribution in [3.8, 4) is 0 Å². The first-order valence-electron chi connectivity index (χ1n) is 9.35. The molecule has 1 aliphatic rings. The number of benzene rings is 1. The van der Waals surface area contributed by atoms with E-state index in [0.29, 0.717) is 17.1 Å². The Morgan fingerprint density at radius 3 is 2.85 bits per heavy atom. The van der Waals surface area contributed by atoms with Gasteiger partial charge < -0.3 is 4.74 Å². The normalized spacial score (nSPS) is 14.7. The molecule has 1 atom stereocenters. The minimum absolute atomic E-state index is 0.0364. The number of aryl methyl sites for hydroxylation is 2. The first-order chi connectivity index (χ1) is 13.1. The molecule has 6 heteroatoms. The fraction of sp³-hybridized carbons (Fsp3) is 0.381. The van der Waals surface area contributed by atoms with Crippen LogP contribution in [0.15, 0.2) is 41.2 Å². The quantitative estimate of drug-likeness (QED) is 0.629. The Bertz CT molecular complexity index is 1020. The van der Waals surface area contributed by atoms with Crippen molar-refractivity contribution in [1.82, 2.24) is 9.38 Å². The summed E-state index contributed by atoms with van der Waals surface area (Å²) in [5, 5.41) is 0. The Hall–Kier alpha value is -2.47. The molecule has 27 heavy (non-hydrogen) atoms. The second kappa shape index (κ2) is 7.64. The molecule has 2 heterocycles. The van der Waals surface area contributed by atoms with Crippen LogP contribution in [-0.4, -0.2) is 15.4 Å². The summed E-state index contributed by atoms with van der Waals surface area (Å²) in [6, 6.07) is 11.4. The first kappa shape index (κ1) is 17.9. The van der Waals surface area contributed by atoms with E-state index in [-0.39, 0.29) is 24.1 Å². The van der Waals surface area contributed by atoms with E-state index in [9.17, 15) is 9.59 Å². The van der Waals surface area contributed by atoms with Crippen LogP contribution in [0.1, 0.15) is 53.9 Å². The number of aromatic nitrogens is 2. The summed E-state index contributed by atoms with van der Waals surface area (Å²) in [5.41, 5.74) is 2.65. The van der Waals surface area contributed by atoms with Gasteiger partial charge in [-0.2, -0.15) is 0 Å². The van der Waals surface area contributed by atoms with Crippen LogP contribution < -0.4 is 5.56 Å². The molecule has 4 rings (SSSR count). The average Bonchev–Trinajstić information content (AvgIpc) is 3.06. The second-order valence-electron chi connectivity index (χ2n) is 7.06. The Morgan fingerprint density at radius 1 is 1.26 bits per heavy atom. The number of carbonyl (C=O) groups excluding carboxylic acids is 1. The van der Waals surface area contributed by atoms with Crippen molar-refractivity contribution in [3.05, 3.63) is 68.6 Å². The molecule has 1 aliphatic carbocycles. The van der Waals surface area contributed by atoms with Gasteiger partial charge in [0.15, 0.2) is 4.96 Å². The number of carbonyl (C=O) groups is 1. The maximum Gasteiger partial charge on any atom is 0.306 e. The third-order valence-corrected chi connectivity index (χ3v) is 6.18. The van der Waals surface area contributed by atoms with E-state index in [1.165, 1.54) is 17.4 Å². The number of fused-ring (bicyclic) bond motifs is 3. The van der Waals surface area contributed by atoms with Gasteiger partial charge in [0.1, 0.15) is 6.61 Å². The highest BCUT2D eigenvalue weighted by molar-refractivity contribution is 7.17. The van der Waals surface area contributed by atoms with Crippen molar-refractivity contribution in [2.45, 2.75) is 51.6 Å². The van der Waals surface area contributed by atoms with Crippen LogP contribution in [0.4, 0.5) is 0 Å². The van der Waals surface area contributed by atoms with Gasteiger partial charge in [-0.05, 0) is 37.2 Å². The van der Waals surface area contributed by atoms with Crippen LogP contribution in [0.2, 0.25) is 0 Å². The summed E-state index contributed by atoms with van der Waals surface area (Å²) >= 11 is 1.58. The topological polar surface area (TPSA) is 60.7 Å². The Balaban J connectivity index is 1.44. The molecule has 0 saturated heterocycles. The molecule has 0 radical (unpaired) electrons. The van der Waals surface area contributed by atoms with Gasteiger partial charge in [-0.3, -0.25) is 14.0 Å². The van der Waals surface area contributed by atoms with Crippen LogP contribution in [0.5, 0.6) is 0 Å². The smallest absolute Gasteiger partial charge is 0.306 e. The summed E-state index contributed by atoms with van der Waals surface area (Å²) in [4.78, 5) is 31.2. The van der Waals surface area contributed by atoms with Crippen LogP contribution >= 0.6 is 11.3 Å². The molecule has 2 aromatic heterocycles. The van der Waals surface area contributed by atoms with Crippen LogP contribution in [-0.2, 0) is 29.0 Å². The summed E-state index contributed by atoms with van der Waals surface area (Å²) < 4.78 is 7.11. The van der Waals surface area contributed by atoms with Gasteiger partial charge in [-0.15, -0.1) is 11.3 Å². The number of nitrogens with zero attached hydrogens (tertiary/aromatic N) is 2. The highest BCUT2D eigenvalue weighted by Crippen LogP contribution is 2.28. The van der Waals surface area contributed by atoms with E-state index >= 15 is 0 Å². The summed E-state index contributed by atoms with van der Waals surface area (Å²) in [6.07, 6.45) is 4.54. The average molecular weight is 382 g/mol. The molecule has 0 unspecified atom stereocenters. The minimum atomic E-state index is -0.279. The highest BCUT2D eigenvalue weighted by Gasteiger charge is 2.19. The summed E-state index contributed by atoms with van der Waals surface area (Å²) in [5.74, 6) is -0.192. The SMILES string of the molecule is C[C@@H](CC(=O)OCc1cc(=O)n2c3c(sc2n1)CCCC3)c1ccccc1. The number of esters is 1. The van der Waals surface area contributed by atoms with Crippen LogP contribution in [0, 0.1) is 0 Å². The summed E-state index contributed by atoms with van der Waals surface area (Å²) in [6.45, 7) is 2.04. The van der Waals surface area contributed by atoms with Gasteiger partial charge >= 0.3 is 5.97 Å². The fourth-order valence-corrected chi connectivity index (χ4v) is 4.81. The van der Waals surface area contributed by atoms with E-state index in [1.54, 1.807) is 15.7 Å². The zero-order chi connectivity index (χ0) is 18.8. The lowest BCUT2D eigenvalue weighted by Crippen LogP contribution is -2.18. The Morgan fingerprint density at radius 2 is 2.04 bits per heavy atom. The van der Waals surface area contributed by atoms with Gasteiger partial charge in [0, 0.05) is 16.6 Å². The van der Waals surface area contributed by atoms with Crippen molar-refractivity contribution < 1.29 is 9.53 Å². The number of ether oxygens (including phenoxy) is 1. The lowest BCUT2D eigenvalue weighted by molar-refractivity contribution is -0.145. The molecule has 0 aliphatic heterocycles. The molecule has 0 bridgehead atoms. The standard InChI is InChI=1S/C21H22N2O3S/c1-14(15-7-3-2-4-8-15)11-20(25)26-13-16-12-19(24)23-17-9-5-6-10-18(17)27-21(23)22-16/h2-4,7-8,12,14H,5-6,9-11,13H2,1H3/t14-/m0/s1. The number of rotatable bonds is 5. The molecular formula is C21H22N2O3S. The largest absolute Gasteiger partial charge is 0.459 e. The van der Waals surface area contributed by atoms with Gasteiger partial charge in [-0.25, -0.2) is 4.98 Å². The van der Waals surface area contributed by atoms with E-state index in [4.69, 9.17) is 4.74 Å². The van der Waals surface area contributed by atoms with Gasteiger partial charge in [0.25, 0.3) is 5.56 Å². The van der Waals surface area contributed by atoms with Gasteiger partial charge in [0.05, 0.1) is 12.1 Å². The highest BCUT2D eigenvalue weighted by atomic mass is 32.1. The molecule has 140 valence electrons. The third-order valence-electron chi connectivity index (χ3n) is 5.04. The lowest BCUT2D eigenvalue weighted by Gasteiger charge is -2.11. The predicted octanol–water partition coefficient (Wildman–Crippen LogP) is 3.87. The van der Waals surface area contributed by atoms with Crippen LogP contribution in [0.3, 0.4) is 0 Å². The van der Waals surface area contributed by atoms with Crippen molar-refractivity contribution in [1.29, 1.82) is 0 Å². The van der Waals surface area contributed by atoms with Crippen molar-refractivity contribution in [2.24, 2.45) is 0 Å². The number of thiazole rings is 1. The van der Waals surface area contributed by atoms with Crippen molar-refractivity contribution >= 4 is 22.3 Å². The molecule has 0 saturated carbocycles. The molecule has 3 aromatic rings. The van der Waals surface area contributed by atoms with Crippen LogP contribution in [0.25, 0.3) is 4.96 Å². The molecule has 0 fully saturated rings. The van der Waals surface area contributed by atoms with E-state index in [2.05, 4.69) is 4.98 Å².